The molecule has 35 heavy (non-hydrogen) atoms. The van der Waals surface area contributed by atoms with Crippen molar-refractivity contribution in [2.75, 3.05) is 17.7 Å². The molecule has 1 amide bonds. The van der Waals surface area contributed by atoms with Crippen LogP contribution in [0.2, 0.25) is 0 Å². The molecule has 9 nitrogen and oxygen atoms in total. The Morgan fingerprint density at radius 1 is 1.11 bits per heavy atom. The summed E-state index contributed by atoms with van der Waals surface area (Å²) >= 11 is 2.37. The Hall–Kier alpha value is -3.44. The van der Waals surface area contributed by atoms with Crippen LogP contribution in [-0.4, -0.2) is 44.0 Å². The number of rotatable bonds is 10. The highest BCUT2D eigenvalue weighted by atomic mass is 32.2. The lowest BCUT2D eigenvalue weighted by Crippen LogP contribution is -2.14. The third-order valence-electron chi connectivity index (χ3n) is 5.05. The van der Waals surface area contributed by atoms with Crippen LogP contribution in [0.25, 0.3) is 10.8 Å². The Morgan fingerprint density at radius 3 is 2.71 bits per heavy atom. The Labute approximate surface area is 210 Å². The molecule has 0 aliphatic rings. The van der Waals surface area contributed by atoms with E-state index < -0.39 is 5.97 Å². The van der Waals surface area contributed by atoms with Gasteiger partial charge in [0.25, 0.3) is 0 Å². The predicted molar refractivity (Wildman–Crippen MR) is 136 cm³/mol. The summed E-state index contributed by atoms with van der Waals surface area (Å²) in [6.45, 7) is 6.62. The SMILES string of the molecule is CCOC(=O)c1sc(NC(=O)CSc2nnc(COc3cccc4ccccc34)n2CC)nc1C. The van der Waals surface area contributed by atoms with Crippen molar-refractivity contribution in [3.05, 3.63) is 58.9 Å². The summed E-state index contributed by atoms with van der Waals surface area (Å²) in [5.41, 5.74) is 0.526. The van der Waals surface area contributed by atoms with E-state index in [2.05, 4.69) is 20.5 Å². The molecule has 2 aromatic heterocycles. The molecule has 2 heterocycles. The second-order valence-electron chi connectivity index (χ2n) is 7.40. The molecule has 0 bridgehead atoms. The Morgan fingerprint density at radius 2 is 1.91 bits per heavy atom. The number of amides is 1. The van der Waals surface area contributed by atoms with Gasteiger partial charge in [0.2, 0.25) is 5.91 Å². The maximum atomic E-state index is 12.5. The predicted octanol–water partition coefficient (Wildman–Crippen LogP) is 4.70. The summed E-state index contributed by atoms with van der Waals surface area (Å²) in [5.74, 6) is 0.890. The molecule has 4 aromatic rings. The van der Waals surface area contributed by atoms with E-state index in [0.717, 1.165) is 27.9 Å². The van der Waals surface area contributed by atoms with Crippen LogP contribution < -0.4 is 10.1 Å². The van der Waals surface area contributed by atoms with Gasteiger partial charge in [0.1, 0.15) is 17.2 Å². The highest BCUT2D eigenvalue weighted by Crippen LogP contribution is 2.27. The first-order chi connectivity index (χ1) is 17.0. The number of fused-ring (bicyclic) bond motifs is 1. The third-order valence-corrected chi connectivity index (χ3v) is 7.07. The highest BCUT2D eigenvalue weighted by Gasteiger charge is 2.19. The molecule has 0 saturated heterocycles. The zero-order valence-corrected chi connectivity index (χ0v) is 21.2. The molecule has 0 aliphatic carbocycles. The van der Waals surface area contributed by atoms with Crippen molar-refractivity contribution in [2.24, 2.45) is 0 Å². The van der Waals surface area contributed by atoms with Crippen molar-refractivity contribution in [3.63, 3.8) is 0 Å². The Balaban J connectivity index is 1.36. The number of hydrogen-bond acceptors (Lipinski definition) is 9. The zero-order valence-electron chi connectivity index (χ0n) is 19.6. The standard InChI is InChI=1S/C24H25N5O4S2/c1-4-29-19(13-33-18-12-8-10-16-9-6-7-11-17(16)18)27-28-24(29)34-14-20(30)26-23-25-15(3)21(35-23)22(31)32-5-2/h6-12H,4-5,13-14H2,1-3H3,(H,25,26,30). The number of hydrogen-bond donors (Lipinski definition) is 1. The first kappa shape index (κ1) is 24.7. The van der Waals surface area contributed by atoms with Crippen LogP contribution in [0.5, 0.6) is 5.75 Å². The van der Waals surface area contributed by atoms with E-state index in [9.17, 15) is 9.59 Å². The van der Waals surface area contributed by atoms with Gasteiger partial charge in [0.05, 0.1) is 18.1 Å². The number of aromatic nitrogens is 4. The van der Waals surface area contributed by atoms with Gasteiger partial charge in [-0.05, 0) is 32.2 Å². The molecule has 11 heteroatoms. The van der Waals surface area contributed by atoms with Gasteiger partial charge in [-0.2, -0.15) is 0 Å². The normalized spacial score (nSPS) is 10.9. The monoisotopic (exact) mass is 511 g/mol. The lowest BCUT2D eigenvalue weighted by atomic mass is 10.1. The first-order valence-corrected chi connectivity index (χ1v) is 12.9. The van der Waals surface area contributed by atoms with Gasteiger partial charge in [0.15, 0.2) is 16.1 Å². The first-order valence-electron chi connectivity index (χ1n) is 11.1. The number of nitrogens with one attached hydrogen (secondary N) is 1. The topological polar surface area (TPSA) is 108 Å². The molecular weight excluding hydrogens is 486 g/mol. The molecule has 182 valence electrons. The van der Waals surface area contributed by atoms with Crippen LogP contribution >= 0.6 is 23.1 Å². The average molecular weight is 512 g/mol. The minimum atomic E-state index is -0.438. The summed E-state index contributed by atoms with van der Waals surface area (Å²) in [4.78, 5) is 29.1. The molecule has 0 fully saturated rings. The third kappa shape index (κ3) is 5.80. The van der Waals surface area contributed by atoms with E-state index in [1.807, 2.05) is 54.0 Å². The molecule has 0 saturated carbocycles. The van der Waals surface area contributed by atoms with Crippen LogP contribution in [-0.2, 0) is 22.7 Å². The van der Waals surface area contributed by atoms with Crippen molar-refractivity contribution in [1.82, 2.24) is 19.7 Å². The van der Waals surface area contributed by atoms with Gasteiger partial charge in [0, 0.05) is 11.9 Å². The smallest absolute Gasteiger partial charge is 0.350 e. The number of benzene rings is 2. The maximum Gasteiger partial charge on any atom is 0.350 e. The van der Waals surface area contributed by atoms with Crippen molar-refractivity contribution < 1.29 is 19.1 Å². The minimum Gasteiger partial charge on any atom is -0.485 e. The maximum absolute atomic E-state index is 12.5. The second-order valence-corrected chi connectivity index (χ2v) is 9.34. The van der Waals surface area contributed by atoms with E-state index in [1.54, 1.807) is 13.8 Å². The summed E-state index contributed by atoms with van der Waals surface area (Å²) in [6.07, 6.45) is 0. The van der Waals surface area contributed by atoms with Crippen LogP contribution in [0.3, 0.4) is 0 Å². The molecule has 1 N–H and O–H groups in total. The largest absolute Gasteiger partial charge is 0.485 e. The fraction of sp³-hybridized carbons (Fsp3) is 0.292. The van der Waals surface area contributed by atoms with E-state index in [-0.39, 0.29) is 24.9 Å². The number of anilines is 1. The highest BCUT2D eigenvalue weighted by molar-refractivity contribution is 7.99. The zero-order chi connectivity index (χ0) is 24.8. The molecule has 4 rings (SSSR count). The molecule has 0 unspecified atom stereocenters. The van der Waals surface area contributed by atoms with Crippen molar-refractivity contribution in [1.29, 1.82) is 0 Å². The number of thioether (sulfide) groups is 1. The summed E-state index contributed by atoms with van der Waals surface area (Å²) in [5, 5.41) is 14.4. The van der Waals surface area contributed by atoms with Crippen molar-refractivity contribution in [2.45, 2.75) is 39.1 Å². The van der Waals surface area contributed by atoms with E-state index in [1.165, 1.54) is 11.8 Å². The van der Waals surface area contributed by atoms with E-state index >= 15 is 0 Å². The lowest BCUT2D eigenvalue weighted by molar-refractivity contribution is -0.113. The van der Waals surface area contributed by atoms with Crippen molar-refractivity contribution in [3.8, 4) is 5.75 Å². The van der Waals surface area contributed by atoms with Crippen LogP contribution in [0.15, 0.2) is 47.6 Å². The Kier molecular flexibility index (Phi) is 7.98. The Bertz CT molecular complexity index is 1350. The van der Waals surface area contributed by atoms with Gasteiger partial charge in [-0.25, -0.2) is 9.78 Å². The minimum absolute atomic E-state index is 0.121. The van der Waals surface area contributed by atoms with Gasteiger partial charge < -0.3 is 19.4 Å². The number of nitrogens with zero attached hydrogens (tertiary/aromatic N) is 4. The molecule has 0 atom stereocenters. The molecule has 0 aliphatic heterocycles. The summed E-state index contributed by atoms with van der Waals surface area (Å²) in [6, 6.07) is 14.0. The number of thiazole rings is 1. The number of carbonyl (C=O) groups excluding carboxylic acids is 2. The second kappa shape index (κ2) is 11.3. The van der Waals surface area contributed by atoms with Gasteiger partial charge in [-0.1, -0.05) is 59.5 Å². The summed E-state index contributed by atoms with van der Waals surface area (Å²) in [7, 11) is 0. The molecular formula is C24H25N5O4S2. The van der Waals surface area contributed by atoms with Crippen LogP contribution in [0, 0.1) is 6.92 Å². The number of ether oxygens (including phenoxy) is 2. The molecule has 0 radical (unpaired) electrons. The average Bonchev–Trinajstić information content (AvgIpc) is 3.43. The van der Waals surface area contributed by atoms with Crippen LogP contribution in [0.1, 0.15) is 35.0 Å². The fourth-order valence-corrected chi connectivity index (χ4v) is 5.13. The molecule has 2 aromatic carbocycles. The van der Waals surface area contributed by atoms with Gasteiger partial charge >= 0.3 is 5.97 Å². The van der Waals surface area contributed by atoms with Crippen LogP contribution in [0.4, 0.5) is 5.13 Å². The fourth-order valence-electron chi connectivity index (χ4n) is 3.44. The quantitative estimate of drug-likeness (QED) is 0.241. The van der Waals surface area contributed by atoms with Gasteiger partial charge in [-0.15, -0.1) is 10.2 Å². The number of carbonyl (C=O) groups is 2. The van der Waals surface area contributed by atoms with Crippen molar-refractivity contribution >= 4 is 50.9 Å². The van der Waals surface area contributed by atoms with Gasteiger partial charge in [-0.3, -0.25) is 4.79 Å². The lowest BCUT2D eigenvalue weighted by Gasteiger charge is -2.10. The van der Waals surface area contributed by atoms with E-state index in [0.29, 0.717) is 33.2 Å². The number of aryl methyl sites for hydroxylation is 1. The summed E-state index contributed by atoms with van der Waals surface area (Å²) < 4.78 is 13.0. The molecule has 0 spiro atoms. The van der Waals surface area contributed by atoms with E-state index in [4.69, 9.17) is 9.47 Å². The number of esters is 1.